The molecule has 0 aliphatic rings. The minimum Gasteiger partial charge on any atom is -0.507 e. The van der Waals surface area contributed by atoms with Crippen molar-refractivity contribution in [3.8, 4) is 11.5 Å². The van der Waals surface area contributed by atoms with Crippen molar-refractivity contribution in [1.82, 2.24) is 0 Å². The maximum atomic E-state index is 9.82. The zero-order valence-corrected chi connectivity index (χ0v) is 8.74. The Hall–Kier alpha value is -1.22. The number of aliphatic hydroxyl groups excluding tert-OH is 1. The number of rotatable bonds is 3. The number of ether oxygens (including phenoxy) is 1. The van der Waals surface area contributed by atoms with Gasteiger partial charge in [0.25, 0.3) is 0 Å². The number of phenolic OH excluding ortho intramolecular Hbond substituents is 1. The van der Waals surface area contributed by atoms with Crippen molar-refractivity contribution in [3.05, 3.63) is 23.3 Å². The second-order valence-electron chi connectivity index (χ2n) is 3.41. The maximum absolute atomic E-state index is 9.82. The molecule has 1 unspecified atom stereocenters. The van der Waals surface area contributed by atoms with Gasteiger partial charge in [-0.15, -0.1) is 0 Å². The molecule has 3 heteroatoms. The Morgan fingerprint density at radius 2 is 2.07 bits per heavy atom. The first-order valence-electron chi connectivity index (χ1n) is 4.59. The molecule has 0 heterocycles. The van der Waals surface area contributed by atoms with Crippen LogP contribution in [-0.2, 0) is 0 Å². The van der Waals surface area contributed by atoms with Gasteiger partial charge in [0, 0.05) is 18.1 Å². The third kappa shape index (κ3) is 1.82. The highest BCUT2D eigenvalue weighted by Gasteiger charge is 2.13. The standard InChI is InChI=1S/C11H16O3/c1-7(6-12)9-4-5-10(14-3)8(2)11(9)13/h4-5,7,12-13H,6H2,1-3H3. The smallest absolute Gasteiger partial charge is 0.125 e. The van der Waals surface area contributed by atoms with Gasteiger partial charge in [-0.25, -0.2) is 0 Å². The summed E-state index contributed by atoms with van der Waals surface area (Å²) in [5.41, 5.74) is 1.47. The molecule has 1 aromatic rings. The Balaban J connectivity index is 3.17. The van der Waals surface area contributed by atoms with E-state index in [0.29, 0.717) is 11.3 Å². The molecule has 1 aromatic carbocycles. The van der Waals surface area contributed by atoms with Gasteiger partial charge in [0.2, 0.25) is 0 Å². The molecule has 1 rings (SSSR count). The number of methoxy groups -OCH3 is 1. The average Bonchev–Trinajstić information content (AvgIpc) is 2.21. The Kier molecular flexibility index (Phi) is 3.36. The third-order valence-corrected chi connectivity index (χ3v) is 2.44. The molecular weight excluding hydrogens is 180 g/mol. The van der Waals surface area contributed by atoms with Crippen LogP contribution in [0.2, 0.25) is 0 Å². The third-order valence-electron chi connectivity index (χ3n) is 2.44. The highest BCUT2D eigenvalue weighted by Crippen LogP contribution is 2.34. The molecule has 0 saturated heterocycles. The first-order valence-corrected chi connectivity index (χ1v) is 4.59. The van der Waals surface area contributed by atoms with Crippen molar-refractivity contribution in [3.63, 3.8) is 0 Å². The largest absolute Gasteiger partial charge is 0.507 e. The normalized spacial score (nSPS) is 12.6. The molecule has 0 radical (unpaired) electrons. The summed E-state index contributed by atoms with van der Waals surface area (Å²) < 4.78 is 5.07. The van der Waals surface area contributed by atoms with Gasteiger partial charge in [0.15, 0.2) is 0 Å². The second-order valence-corrected chi connectivity index (χ2v) is 3.41. The van der Waals surface area contributed by atoms with E-state index in [4.69, 9.17) is 9.84 Å². The van der Waals surface area contributed by atoms with Crippen molar-refractivity contribution in [1.29, 1.82) is 0 Å². The molecule has 1 atom stereocenters. The Bertz CT molecular complexity index is 321. The summed E-state index contributed by atoms with van der Waals surface area (Å²) in [5.74, 6) is 0.821. The van der Waals surface area contributed by atoms with E-state index in [-0.39, 0.29) is 18.3 Å². The van der Waals surface area contributed by atoms with E-state index in [9.17, 15) is 5.11 Å². The molecule has 14 heavy (non-hydrogen) atoms. The molecule has 3 nitrogen and oxygen atoms in total. The zero-order valence-electron chi connectivity index (χ0n) is 8.74. The van der Waals surface area contributed by atoms with Crippen LogP contribution in [0.25, 0.3) is 0 Å². The monoisotopic (exact) mass is 196 g/mol. The molecule has 2 N–H and O–H groups in total. The number of benzene rings is 1. The fourth-order valence-electron chi connectivity index (χ4n) is 1.42. The van der Waals surface area contributed by atoms with E-state index >= 15 is 0 Å². The lowest BCUT2D eigenvalue weighted by Crippen LogP contribution is -2.00. The summed E-state index contributed by atoms with van der Waals surface area (Å²) in [6.07, 6.45) is 0. The van der Waals surface area contributed by atoms with Crippen molar-refractivity contribution >= 4 is 0 Å². The van der Waals surface area contributed by atoms with Crippen LogP contribution in [0.15, 0.2) is 12.1 Å². The molecule has 0 spiro atoms. The fourth-order valence-corrected chi connectivity index (χ4v) is 1.42. The highest BCUT2D eigenvalue weighted by molar-refractivity contribution is 5.49. The molecule has 0 aromatic heterocycles. The summed E-state index contributed by atoms with van der Waals surface area (Å²) in [6.45, 7) is 3.68. The van der Waals surface area contributed by atoms with Crippen LogP contribution in [0.3, 0.4) is 0 Å². The molecule has 0 bridgehead atoms. The SMILES string of the molecule is COc1ccc(C(C)CO)c(O)c1C. The molecule has 78 valence electrons. The zero-order chi connectivity index (χ0) is 10.7. The summed E-state index contributed by atoms with van der Waals surface area (Å²) >= 11 is 0. The second kappa shape index (κ2) is 4.33. The first-order chi connectivity index (χ1) is 6.61. The number of aliphatic hydroxyl groups is 1. The fraction of sp³-hybridized carbons (Fsp3) is 0.455. The van der Waals surface area contributed by atoms with Crippen molar-refractivity contribution in [2.24, 2.45) is 0 Å². The Morgan fingerprint density at radius 3 is 2.57 bits per heavy atom. The predicted molar refractivity (Wildman–Crippen MR) is 54.9 cm³/mol. The van der Waals surface area contributed by atoms with Crippen LogP contribution >= 0.6 is 0 Å². The summed E-state index contributed by atoms with van der Waals surface area (Å²) in [4.78, 5) is 0. The molecule has 0 fully saturated rings. The number of hydrogen-bond acceptors (Lipinski definition) is 3. The van der Waals surface area contributed by atoms with E-state index in [2.05, 4.69) is 0 Å². The van der Waals surface area contributed by atoms with Crippen LogP contribution in [0, 0.1) is 6.92 Å². The molecule has 0 amide bonds. The quantitative estimate of drug-likeness (QED) is 0.775. The minimum absolute atomic E-state index is 0.0271. The summed E-state index contributed by atoms with van der Waals surface area (Å²) in [5, 5.41) is 18.8. The summed E-state index contributed by atoms with van der Waals surface area (Å²) in [7, 11) is 1.57. The van der Waals surface area contributed by atoms with Gasteiger partial charge < -0.3 is 14.9 Å². The van der Waals surface area contributed by atoms with E-state index in [1.54, 1.807) is 26.2 Å². The topological polar surface area (TPSA) is 49.7 Å². The average molecular weight is 196 g/mol. The van der Waals surface area contributed by atoms with Gasteiger partial charge in [0.05, 0.1) is 7.11 Å². The molecular formula is C11H16O3. The van der Waals surface area contributed by atoms with Crippen LogP contribution in [-0.4, -0.2) is 23.9 Å². The van der Waals surface area contributed by atoms with Crippen molar-refractivity contribution in [2.75, 3.05) is 13.7 Å². The van der Waals surface area contributed by atoms with Crippen LogP contribution < -0.4 is 4.74 Å². The maximum Gasteiger partial charge on any atom is 0.125 e. The first kappa shape index (κ1) is 10.9. The molecule has 0 aliphatic heterocycles. The van der Waals surface area contributed by atoms with E-state index in [0.717, 1.165) is 5.56 Å². The lowest BCUT2D eigenvalue weighted by Gasteiger charge is -2.14. The van der Waals surface area contributed by atoms with E-state index < -0.39 is 0 Å². The molecule has 0 saturated carbocycles. The Morgan fingerprint density at radius 1 is 1.43 bits per heavy atom. The molecule has 0 aliphatic carbocycles. The highest BCUT2D eigenvalue weighted by atomic mass is 16.5. The van der Waals surface area contributed by atoms with E-state index in [1.165, 1.54) is 0 Å². The van der Waals surface area contributed by atoms with Gasteiger partial charge in [-0.2, -0.15) is 0 Å². The van der Waals surface area contributed by atoms with Gasteiger partial charge in [-0.05, 0) is 18.6 Å². The van der Waals surface area contributed by atoms with Gasteiger partial charge in [-0.3, -0.25) is 0 Å². The lowest BCUT2D eigenvalue weighted by molar-refractivity contribution is 0.270. The van der Waals surface area contributed by atoms with Crippen LogP contribution in [0.5, 0.6) is 11.5 Å². The van der Waals surface area contributed by atoms with Crippen molar-refractivity contribution in [2.45, 2.75) is 19.8 Å². The van der Waals surface area contributed by atoms with Gasteiger partial charge in [0.1, 0.15) is 11.5 Å². The predicted octanol–water partition coefficient (Wildman–Crippen LogP) is 1.81. The van der Waals surface area contributed by atoms with Crippen LogP contribution in [0.4, 0.5) is 0 Å². The number of aromatic hydroxyl groups is 1. The summed E-state index contributed by atoms with van der Waals surface area (Å²) in [6, 6.07) is 3.58. The minimum atomic E-state index is -0.0559. The lowest BCUT2D eigenvalue weighted by atomic mass is 9.98. The number of phenols is 1. The van der Waals surface area contributed by atoms with Crippen LogP contribution in [0.1, 0.15) is 24.0 Å². The van der Waals surface area contributed by atoms with Crippen molar-refractivity contribution < 1.29 is 14.9 Å². The number of hydrogen-bond donors (Lipinski definition) is 2. The van der Waals surface area contributed by atoms with Gasteiger partial charge >= 0.3 is 0 Å². The van der Waals surface area contributed by atoms with Gasteiger partial charge in [-0.1, -0.05) is 13.0 Å². The van der Waals surface area contributed by atoms with E-state index in [1.807, 2.05) is 6.92 Å². The Labute approximate surface area is 84.0 Å².